The molecule has 0 spiro atoms. The quantitative estimate of drug-likeness (QED) is 0.874. The maximum Gasteiger partial charge on any atom is 0.185 e. The molecule has 1 saturated carbocycles. The third-order valence-electron chi connectivity index (χ3n) is 3.76. The van der Waals surface area contributed by atoms with Crippen molar-refractivity contribution in [2.75, 3.05) is 25.5 Å². The smallest absolute Gasteiger partial charge is 0.185 e. The van der Waals surface area contributed by atoms with Crippen molar-refractivity contribution in [3.63, 3.8) is 0 Å². The molecule has 1 fully saturated rings. The number of rotatable bonds is 5. The van der Waals surface area contributed by atoms with Crippen molar-refractivity contribution >= 4 is 16.5 Å². The van der Waals surface area contributed by atoms with Gasteiger partial charge >= 0.3 is 0 Å². The fraction of sp³-hybridized carbons (Fsp3) is 0.769. The van der Waals surface area contributed by atoms with Crippen LogP contribution in [0, 0.1) is 18.8 Å². The predicted molar refractivity (Wildman–Crippen MR) is 74.9 cm³/mol. The molecule has 96 valence electrons. The van der Waals surface area contributed by atoms with Gasteiger partial charge in [0.2, 0.25) is 0 Å². The van der Waals surface area contributed by atoms with Crippen LogP contribution in [-0.2, 0) is 0 Å². The van der Waals surface area contributed by atoms with Crippen molar-refractivity contribution in [2.24, 2.45) is 11.8 Å². The second-order valence-corrected chi connectivity index (χ2v) is 6.32. The molecule has 3 nitrogen and oxygen atoms in total. The summed E-state index contributed by atoms with van der Waals surface area (Å²) < 4.78 is 0. The van der Waals surface area contributed by atoms with Crippen molar-refractivity contribution in [3.8, 4) is 0 Å². The summed E-state index contributed by atoms with van der Waals surface area (Å²) in [5.41, 5.74) is 1.17. The second kappa shape index (κ2) is 4.94. The van der Waals surface area contributed by atoms with Crippen LogP contribution in [0.4, 0.5) is 5.13 Å². The van der Waals surface area contributed by atoms with Gasteiger partial charge in [0, 0.05) is 24.5 Å². The Hall–Kier alpha value is -0.610. The number of hydrogen-bond donors (Lipinski definition) is 1. The van der Waals surface area contributed by atoms with E-state index in [1.807, 2.05) is 18.4 Å². The molecule has 0 amide bonds. The van der Waals surface area contributed by atoms with Crippen LogP contribution in [0.1, 0.15) is 36.9 Å². The first-order chi connectivity index (χ1) is 8.02. The first-order valence-electron chi connectivity index (χ1n) is 6.38. The van der Waals surface area contributed by atoms with E-state index >= 15 is 0 Å². The molecule has 0 aliphatic heterocycles. The number of aryl methyl sites for hydroxylation is 1. The standard InChI is InChI=1S/C13H23N3S/c1-8-6-11(8)7-16(5)13-15-10(3)12(17-13)9(2)14-4/h8-9,11,14H,6-7H2,1-5H3. The van der Waals surface area contributed by atoms with Crippen molar-refractivity contribution in [1.82, 2.24) is 10.3 Å². The van der Waals surface area contributed by atoms with Gasteiger partial charge < -0.3 is 10.2 Å². The van der Waals surface area contributed by atoms with E-state index in [4.69, 9.17) is 0 Å². The molecular weight excluding hydrogens is 230 g/mol. The maximum atomic E-state index is 4.69. The lowest BCUT2D eigenvalue weighted by atomic mass is 10.2. The maximum absolute atomic E-state index is 4.69. The summed E-state index contributed by atoms with van der Waals surface area (Å²) in [7, 11) is 4.16. The fourth-order valence-electron chi connectivity index (χ4n) is 2.17. The summed E-state index contributed by atoms with van der Waals surface area (Å²) in [5.74, 6) is 1.79. The van der Waals surface area contributed by atoms with Gasteiger partial charge in [0.25, 0.3) is 0 Å². The Bertz CT molecular complexity index is 388. The van der Waals surface area contributed by atoms with E-state index in [0.717, 1.165) is 18.4 Å². The van der Waals surface area contributed by atoms with Gasteiger partial charge in [-0.1, -0.05) is 6.92 Å². The molecule has 1 aliphatic carbocycles. The van der Waals surface area contributed by atoms with Gasteiger partial charge in [-0.3, -0.25) is 0 Å². The Balaban J connectivity index is 2.05. The van der Waals surface area contributed by atoms with Crippen LogP contribution in [0.15, 0.2) is 0 Å². The summed E-state index contributed by atoms with van der Waals surface area (Å²) >= 11 is 1.82. The van der Waals surface area contributed by atoms with Crippen LogP contribution in [0.3, 0.4) is 0 Å². The van der Waals surface area contributed by atoms with Gasteiger partial charge in [-0.15, -0.1) is 11.3 Å². The van der Waals surface area contributed by atoms with Crippen molar-refractivity contribution < 1.29 is 0 Å². The number of nitrogens with zero attached hydrogens (tertiary/aromatic N) is 2. The van der Waals surface area contributed by atoms with Gasteiger partial charge in [0.15, 0.2) is 5.13 Å². The number of nitrogens with one attached hydrogen (secondary N) is 1. The van der Waals surface area contributed by atoms with Crippen LogP contribution in [-0.4, -0.2) is 25.6 Å². The topological polar surface area (TPSA) is 28.2 Å². The molecule has 2 rings (SSSR count). The third kappa shape index (κ3) is 2.80. The first-order valence-corrected chi connectivity index (χ1v) is 7.20. The average Bonchev–Trinajstić information content (AvgIpc) is 2.83. The highest BCUT2D eigenvalue weighted by Crippen LogP contribution is 2.39. The van der Waals surface area contributed by atoms with Crippen LogP contribution in [0.25, 0.3) is 0 Å². The molecule has 3 unspecified atom stereocenters. The lowest BCUT2D eigenvalue weighted by molar-refractivity contribution is 0.658. The van der Waals surface area contributed by atoms with Crippen molar-refractivity contribution in [3.05, 3.63) is 10.6 Å². The molecule has 0 saturated heterocycles. The molecule has 1 aliphatic rings. The monoisotopic (exact) mass is 253 g/mol. The Morgan fingerprint density at radius 3 is 2.76 bits per heavy atom. The zero-order valence-electron chi connectivity index (χ0n) is 11.4. The molecule has 1 N–H and O–H groups in total. The average molecular weight is 253 g/mol. The summed E-state index contributed by atoms with van der Waals surface area (Å²) in [6, 6.07) is 0.398. The summed E-state index contributed by atoms with van der Waals surface area (Å²) in [6.07, 6.45) is 1.38. The van der Waals surface area contributed by atoms with E-state index in [9.17, 15) is 0 Å². The first kappa shape index (κ1) is 12.8. The highest BCUT2D eigenvalue weighted by Gasteiger charge is 2.33. The van der Waals surface area contributed by atoms with Gasteiger partial charge in [-0.2, -0.15) is 0 Å². The fourth-order valence-corrected chi connectivity index (χ4v) is 3.27. The number of hydrogen-bond acceptors (Lipinski definition) is 4. The Kier molecular flexibility index (Phi) is 3.73. The molecule has 1 aromatic rings. The molecular formula is C13H23N3S. The lowest BCUT2D eigenvalue weighted by Crippen LogP contribution is -2.20. The minimum absolute atomic E-state index is 0.398. The van der Waals surface area contributed by atoms with E-state index in [0.29, 0.717) is 6.04 Å². The van der Waals surface area contributed by atoms with Crippen LogP contribution < -0.4 is 10.2 Å². The Labute approximate surface area is 108 Å². The molecule has 3 atom stereocenters. The van der Waals surface area contributed by atoms with E-state index in [1.165, 1.54) is 22.1 Å². The highest BCUT2D eigenvalue weighted by atomic mass is 32.1. The van der Waals surface area contributed by atoms with E-state index in [2.05, 4.69) is 43.0 Å². The van der Waals surface area contributed by atoms with Gasteiger partial charge in [0.1, 0.15) is 0 Å². The molecule has 1 heterocycles. The van der Waals surface area contributed by atoms with Crippen molar-refractivity contribution in [2.45, 2.75) is 33.2 Å². The zero-order valence-corrected chi connectivity index (χ0v) is 12.3. The number of anilines is 1. The molecule has 0 bridgehead atoms. The largest absolute Gasteiger partial charge is 0.351 e. The second-order valence-electron chi connectivity index (χ2n) is 5.31. The van der Waals surface area contributed by atoms with Crippen molar-refractivity contribution in [1.29, 1.82) is 0 Å². The van der Waals surface area contributed by atoms with Gasteiger partial charge in [-0.25, -0.2) is 4.98 Å². The molecule has 17 heavy (non-hydrogen) atoms. The predicted octanol–water partition coefficient (Wildman–Crippen LogP) is 2.82. The van der Waals surface area contributed by atoms with Crippen LogP contribution >= 0.6 is 11.3 Å². The summed E-state index contributed by atoms with van der Waals surface area (Å²) in [4.78, 5) is 8.37. The van der Waals surface area contributed by atoms with E-state index in [-0.39, 0.29) is 0 Å². The van der Waals surface area contributed by atoms with E-state index in [1.54, 1.807) is 0 Å². The van der Waals surface area contributed by atoms with E-state index < -0.39 is 0 Å². The summed E-state index contributed by atoms with van der Waals surface area (Å²) in [6.45, 7) is 7.78. The Morgan fingerprint density at radius 2 is 2.24 bits per heavy atom. The third-order valence-corrected chi connectivity index (χ3v) is 5.21. The minimum atomic E-state index is 0.398. The van der Waals surface area contributed by atoms with Gasteiger partial charge in [-0.05, 0) is 39.2 Å². The van der Waals surface area contributed by atoms with Crippen LogP contribution in [0.5, 0.6) is 0 Å². The number of aromatic nitrogens is 1. The summed E-state index contributed by atoms with van der Waals surface area (Å²) in [5, 5.41) is 4.45. The normalized spacial score (nSPS) is 24.8. The number of thiazole rings is 1. The van der Waals surface area contributed by atoms with Gasteiger partial charge in [0.05, 0.1) is 5.69 Å². The molecule has 4 heteroatoms. The lowest BCUT2D eigenvalue weighted by Gasteiger charge is -2.15. The molecule has 1 aromatic heterocycles. The SMILES string of the molecule is CNC(C)c1sc(N(C)CC2CC2C)nc1C. The highest BCUT2D eigenvalue weighted by molar-refractivity contribution is 7.15. The minimum Gasteiger partial charge on any atom is -0.351 e. The molecule has 0 radical (unpaired) electrons. The Morgan fingerprint density at radius 1 is 1.59 bits per heavy atom. The van der Waals surface area contributed by atoms with Crippen LogP contribution in [0.2, 0.25) is 0 Å². The zero-order chi connectivity index (χ0) is 12.6. The molecule has 0 aromatic carbocycles.